The van der Waals surface area contributed by atoms with Gasteiger partial charge in [-0.25, -0.2) is 4.98 Å². The van der Waals surface area contributed by atoms with Gasteiger partial charge in [0.15, 0.2) is 11.5 Å². The van der Waals surface area contributed by atoms with E-state index in [1.54, 1.807) is 38.1 Å². The van der Waals surface area contributed by atoms with E-state index in [1.165, 1.54) is 5.56 Å². The number of imidazole rings is 1. The van der Waals surface area contributed by atoms with Crippen LogP contribution in [0.1, 0.15) is 32.5 Å². The molecule has 0 fully saturated rings. The molecule has 0 aliphatic carbocycles. The molecule has 0 spiro atoms. The Morgan fingerprint density at radius 1 is 1.06 bits per heavy atom. The molecule has 1 aliphatic rings. The van der Waals surface area contributed by atoms with Crippen LogP contribution in [-0.4, -0.2) is 41.1 Å². The molecule has 1 aliphatic heterocycles. The molecule has 32 heavy (non-hydrogen) atoms. The standard InChI is InChI=1S/C25H23N3O3S/c1-30-21-13-17-10-11-27(24(23-9-6-12-32-23)19(17)14-22(21)31-2)25(29)20-15-26-16-28(20)18-7-4-3-5-8-18/h3-9,12-16,24H,10-11H2,1-2H3/t24-/m1/s1. The molecule has 1 atom stereocenters. The highest BCUT2D eigenvalue weighted by molar-refractivity contribution is 7.10. The van der Waals surface area contributed by atoms with Gasteiger partial charge in [0.05, 0.1) is 32.8 Å². The van der Waals surface area contributed by atoms with Crippen LogP contribution in [0.4, 0.5) is 0 Å². The van der Waals surface area contributed by atoms with Crippen molar-refractivity contribution in [3.8, 4) is 17.2 Å². The summed E-state index contributed by atoms with van der Waals surface area (Å²) in [6, 6.07) is 17.7. The zero-order chi connectivity index (χ0) is 22.1. The van der Waals surface area contributed by atoms with Crippen molar-refractivity contribution in [1.29, 1.82) is 0 Å². The zero-order valence-corrected chi connectivity index (χ0v) is 18.7. The van der Waals surface area contributed by atoms with Crippen LogP contribution < -0.4 is 9.47 Å². The smallest absolute Gasteiger partial charge is 0.273 e. The molecule has 162 valence electrons. The minimum Gasteiger partial charge on any atom is -0.493 e. The van der Waals surface area contributed by atoms with Gasteiger partial charge < -0.3 is 14.4 Å². The Morgan fingerprint density at radius 2 is 1.84 bits per heavy atom. The lowest BCUT2D eigenvalue weighted by molar-refractivity contribution is 0.0688. The molecular formula is C25H23N3O3S. The lowest BCUT2D eigenvalue weighted by atomic mass is 9.90. The Morgan fingerprint density at radius 3 is 2.56 bits per heavy atom. The summed E-state index contributed by atoms with van der Waals surface area (Å²) < 4.78 is 12.9. The van der Waals surface area contributed by atoms with Crippen molar-refractivity contribution in [3.05, 3.63) is 94.2 Å². The lowest BCUT2D eigenvalue weighted by Gasteiger charge is -2.37. The van der Waals surface area contributed by atoms with Gasteiger partial charge in [-0.3, -0.25) is 9.36 Å². The number of para-hydroxylation sites is 1. The molecule has 2 aromatic heterocycles. The number of methoxy groups -OCH3 is 2. The summed E-state index contributed by atoms with van der Waals surface area (Å²) in [6.45, 7) is 0.601. The Kier molecular flexibility index (Phi) is 5.41. The second-order valence-corrected chi connectivity index (χ2v) is 8.54. The van der Waals surface area contributed by atoms with Gasteiger partial charge in [0.1, 0.15) is 5.69 Å². The van der Waals surface area contributed by atoms with E-state index in [9.17, 15) is 4.79 Å². The van der Waals surface area contributed by atoms with Gasteiger partial charge in [0.25, 0.3) is 5.91 Å². The number of hydrogen-bond donors (Lipinski definition) is 0. The van der Waals surface area contributed by atoms with E-state index in [-0.39, 0.29) is 11.9 Å². The summed E-state index contributed by atoms with van der Waals surface area (Å²) in [5, 5.41) is 2.04. The molecule has 6 nitrogen and oxygen atoms in total. The predicted molar refractivity (Wildman–Crippen MR) is 124 cm³/mol. The van der Waals surface area contributed by atoms with E-state index < -0.39 is 0 Å². The monoisotopic (exact) mass is 445 g/mol. The van der Waals surface area contributed by atoms with Crippen LogP contribution in [-0.2, 0) is 6.42 Å². The summed E-state index contributed by atoms with van der Waals surface area (Å²) in [6.07, 6.45) is 4.07. The van der Waals surface area contributed by atoms with Crippen LogP contribution in [0.2, 0.25) is 0 Å². The van der Waals surface area contributed by atoms with Gasteiger partial charge in [0.2, 0.25) is 0 Å². The van der Waals surface area contributed by atoms with Crippen molar-refractivity contribution in [1.82, 2.24) is 14.5 Å². The van der Waals surface area contributed by atoms with Gasteiger partial charge in [-0.1, -0.05) is 24.3 Å². The maximum atomic E-state index is 13.9. The van der Waals surface area contributed by atoms with Crippen molar-refractivity contribution < 1.29 is 14.3 Å². The van der Waals surface area contributed by atoms with E-state index in [0.29, 0.717) is 23.7 Å². The molecule has 0 saturated heterocycles. The molecule has 3 heterocycles. The largest absolute Gasteiger partial charge is 0.493 e. The van der Waals surface area contributed by atoms with Crippen LogP contribution in [0.15, 0.2) is 72.5 Å². The average molecular weight is 446 g/mol. The lowest BCUT2D eigenvalue weighted by Crippen LogP contribution is -2.41. The third-order valence-electron chi connectivity index (χ3n) is 5.84. The van der Waals surface area contributed by atoms with E-state index in [0.717, 1.165) is 22.5 Å². The second kappa shape index (κ2) is 8.51. The molecule has 5 rings (SSSR count). The molecule has 0 unspecified atom stereocenters. The van der Waals surface area contributed by atoms with Crippen LogP contribution in [0.3, 0.4) is 0 Å². The molecule has 7 heteroatoms. The SMILES string of the molecule is COc1cc2c(cc1OC)[C@H](c1cccs1)N(C(=O)c1cncn1-c1ccccc1)CC2. The Bertz CT molecular complexity index is 1230. The number of benzene rings is 2. The number of nitrogens with zero attached hydrogens (tertiary/aromatic N) is 3. The third-order valence-corrected chi connectivity index (χ3v) is 6.76. The second-order valence-electron chi connectivity index (χ2n) is 7.56. The number of ether oxygens (including phenoxy) is 2. The molecule has 2 aromatic carbocycles. The molecule has 0 N–H and O–H groups in total. The van der Waals surface area contributed by atoms with Crippen LogP contribution >= 0.6 is 11.3 Å². The minimum atomic E-state index is -0.204. The number of aromatic nitrogens is 2. The highest BCUT2D eigenvalue weighted by Gasteiger charge is 2.35. The van der Waals surface area contributed by atoms with Crippen LogP contribution in [0, 0.1) is 0 Å². The molecule has 0 radical (unpaired) electrons. The number of rotatable bonds is 5. The van der Waals surface area contributed by atoms with Crippen molar-refractivity contribution in [2.45, 2.75) is 12.5 Å². The maximum Gasteiger partial charge on any atom is 0.273 e. The van der Waals surface area contributed by atoms with E-state index in [1.807, 2.05) is 63.4 Å². The van der Waals surface area contributed by atoms with Crippen molar-refractivity contribution in [3.63, 3.8) is 0 Å². The van der Waals surface area contributed by atoms with E-state index >= 15 is 0 Å². The van der Waals surface area contributed by atoms with Crippen molar-refractivity contribution in [2.24, 2.45) is 0 Å². The summed E-state index contributed by atoms with van der Waals surface area (Å²) >= 11 is 1.65. The third kappa shape index (κ3) is 3.44. The number of carbonyl (C=O) groups is 1. The fourth-order valence-corrected chi connectivity index (χ4v) is 5.17. The quantitative estimate of drug-likeness (QED) is 0.445. The topological polar surface area (TPSA) is 56.6 Å². The first kappa shape index (κ1) is 20.3. The van der Waals surface area contributed by atoms with E-state index in [2.05, 4.69) is 11.1 Å². The first-order chi connectivity index (χ1) is 15.7. The number of thiophene rings is 1. The van der Waals surface area contributed by atoms with Gasteiger partial charge in [-0.2, -0.15) is 0 Å². The molecular weight excluding hydrogens is 422 g/mol. The number of amides is 1. The van der Waals surface area contributed by atoms with Crippen molar-refractivity contribution >= 4 is 17.2 Å². The molecule has 0 bridgehead atoms. The zero-order valence-electron chi connectivity index (χ0n) is 17.9. The molecule has 4 aromatic rings. The Balaban J connectivity index is 1.60. The van der Waals surface area contributed by atoms with Crippen LogP contribution in [0.5, 0.6) is 11.5 Å². The highest BCUT2D eigenvalue weighted by Crippen LogP contribution is 2.42. The highest BCUT2D eigenvalue weighted by atomic mass is 32.1. The fraction of sp³-hybridized carbons (Fsp3) is 0.200. The van der Waals surface area contributed by atoms with Gasteiger partial charge >= 0.3 is 0 Å². The molecule has 0 saturated carbocycles. The number of carbonyl (C=O) groups excluding carboxylic acids is 1. The summed E-state index contributed by atoms with van der Waals surface area (Å²) in [5.41, 5.74) is 3.68. The van der Waals surface area contributed by atoms with E-state index in [4.69, 9.17) is 9.47 Å². The number of fused-ring (bicyclic) bond motifs is 1. The molecule has 1 amide bonds. The first-order valence-corrected chi connectivity index (χ1v) is 11.3. The summed E-state index contributed by atoms with van der Waals surface area (Å²) in [7, 11) is 3.28. The number of hydrogen-bond acceptors (Lipinski definition) is 5. The van der Waals surface area contributed by atoms with Gasteiger partial charge in [-0.05, 0) is 53.3 Å². The van der Waals surface area contributed by atoms with Crippen molar-refractivity contribution in [2.75, 3.05) is 20.8 Å². The summed E-state index contributed by atoms with van der Waals surface area (Å²) in [5.74, 6) is 1.32. The summed E-state index contributed by atoms with van der Waals surface area (Å²) in [4.78, 5) is 21.2. The Hall–Kier alpha value is -3.58. The Labute approximate surface area is 190 Å². The fourth-order valence-electron chi connectivity index (χ4n) is 4.31. The van der Waals surface area contributed by atoms with Gasteiger partial charge in [0, 0.05) is 17.1 Å². The van der Waals surface area contributed by atoms with Crippen LogP contribution in [0.25, 0.3) is 5.69 Å². The predicted octanol–water partition coefficient (Wildman–Crippen LogP) is 4.74. The van der Waals surface area contributed by atoms with Gasteiger partial charge in [-0.15, -0.1) is 11.3 Å². The normalized spacial score (nSPS) is 15.3. The maximum absolute atomic E-state index is 13.9. The average Bonchev–Trinajstić information content (AvgIpc) is 3.55. The first-order valence-electron chi connectivity index (χ1n) is 10.4. The minimum absolute atomic E-state index is 0.0508.